The third kappa shape index (κ3) is 4.56. The van der Waals surface area contributed by atoms with E-state index in [1.807, 2.05) is 30.3 Å². The summed E-state index contributed by atoms with van der Waals surface area (Å²) in [6.07, 6.45) is -0.103. The number of amides is 2. The molecule has 0 spiro atoms. The van der Waals surface area contributed by atoms with Crippen LogP contribution in [0.15, 0.2) is 34.7 Å². The van der Waals surface area contributed by atoms with Gasteiger partial charge in [-0.15, -0.1) is 10.2 Å². The Morgan fingerprint density at radius 2 is 2.09 bits per heavy atom. The Morgan fingerprint density at radius 3 is 2.77 bits per heavy atom. The number of rotatable bonds is 6. The first kappa shape index (κ1) is 16.0. The summed E-state index contributed by atoms with van der Waals surface area (Å²) in [5.74, 6) is 0.936. The van der Waals surface area contributed by atoms with Gasteiger partial charge in [0.2, 0.25) is 11.8 Å². The fourth-order valence-corrected chi connectivity index (χ4v) is 1.94. The second-order valence-corrected chi connectivity index (χ2v) is 5.08. The van der Waals surface area contributed by atoms with E-state index < -0.39 is 6.10 Å². The third-order valence-corrected chi connectivity index (χ3v) is 2.99. The Labute approximate surface area is 129 Å². The molecule has 7 nitrogen and oxygen atoms in total. The molecule has 0 saturated carbocycles. The fraction of sp³-hybridized carbons (Fsp3) is 0.400. The molecule has 2 amide bonds. The number of nitrogens with one attached hydrogen (secondary N) is 1. The van der Waals surface area contributed by atoms with Crippen LogP contribution < -0.4 is 5.32 Å². The van der Waals surface area contributed by atoms with E-state index in [0.717, 1.165) is 5.56 Å². The van der Waals surface area contributed by atoms with Crippen LogP contribution in [0.1, 0.15) is 12.8 Å². The van der Waals surface area contributed by atoms with E-state index in [1.165, 1.54) is 4.90 Å². The predicted octanol–water partition coefficient (Wildman–Crippen LogP) is 1.30. The summed E-state index contributed by atoms with van der Waals surface area (Å²) in [6, 6.07) is 9.26. The zero-order chi connectivity index (χ0) is 15.9. The van der Waals surface area contributed by atoms with Gasteiger partial charge in [0.25, 0.3) is 0 Å². The molecule has 0 radical (unpaired) electrons. The lowest BCUT2D eigenvalue weighted by Crippen LogP contribution is -2.41. The van der Waals surface area contributed by atoms with Gasteiger partial charge in [0, 0.05) is 32.1 Å². The van der Waals surface area contributed by atoms with Crippen LogP contribution in [0.4, 0.5) is 4.79 Å². The molecule has 2 aromatic rings. The molecular formula is C15H20N4O3. The van der Waals surface area contributed by atoms with Gasteiger partial charge in [-0.1, -0.05) is 18.2 Å². The summed E-state index contributed by atoms with van der Waals surface area (Å²) >= 11 is 0. The molecule has 0 aliphatic rings. The van der Waals surface area contributed by atoms with Crippen molar-refractivity contribution in [3.8, 4) is 11.5 Å². The SMILES string of the molecule is CC(O)CN(C)C(=O)NCCc1nnc(-c2ccccc2)o1. The second kappa shape index (κ2) is 7.56. The van der Waals surface area contributed by atoms with Gasteiger partial charge < -0.3 is 19.7 Å². The summed E-state index contributed by atoms with van der Waals surface area (Å²) in [5.41, 5.74) is 0.863. The first-order valence-electron chi connectivity index (χ1n) is 7.11. The van der Waals surface area contributed by atoms with Crippen molar-refractivity contribution < 1.29 is 14.3 Å². The lowest BCUT2D eigenvalue weighted by Gasteiger charge is -2.18. The minimum absolute atomic E-state index is 0.247. The molecule has 1 unspecified atom stereocenters. The highest BCUT2D eigenvalue weighted by atomic mass is 16.4. The summed E-state index contributed by atoms with van der Waals surface area (Å²) in [5, 5.41) is 19.9. The third-order valence-electron chi connectivity index (χ3n) is 2.99. The number of benzene rings is 1. The molecule has 118 valence electrons. The zero-order valence-electron chi connectivity index (χ0n) is 12.7. The number of hydrogen-bond acceptors (Lipinski definition) is 5. The summed E-state index contributed by atoms with van der Waals surface area (Å²) < 4.78 is 5.55. The van der Waals surface area contributed by atoms with Crippen LogP contribution in [0.5, 0.6) is 0 Å². The van der Waals surface area contributed by atoms with Crippen molar-refractivity contribution in [3.63, 3.8) is 0 Å². The topological polar surface area (TPSA) is 91.5 Å². The van der Waals surface area contributed by atoms with Crippen molar-refractivity contribution >= 4 is 6.03 Å². The first-order chi connectivity index (χ1) is 10.6. The minimum Gasteiger partial charge on any atom is -0.421 e. The van der Waals surface area contributed by atoms with E-state index in [4.69, 9.17) is 4.42 Å². The van der Waals surface area contributed by atoms with Crippen LogP contribution in [0.3, 0.4) is 0 Å². The molecule has 0 aliphatic carbocycles. The number of urea groups is 1. The predicted molar refractivity (Wildman–Crippen MR) is 81.1 cm³/mol. The van der Waals surface area contributed by atoms with E-state index in [1.54, 1.807) is 14.0 Å². The van der Waals surface area contributed by atoms with Gasteiger partial charge in [-0.05, 0) is 19.1 Å². The summed E-state index contributed by atoms with van der Waals surface area (Å²) in [4.78, 5) is 13.2. The highest BCUT2D eigenvalue weighted by molar-refractivity contribution is 5.73. The van der Waals surface area contributed by atoms with Gasteiger partial charge in [-0.2, -0.15) is 0 Å². The quantitative estimate of drug-likeness (QED) is 0.839. The molecule has 0 bridgehead atoms. The highest BCUT2D eigenvalue weighted by Gasteiger charge is 2.11. The van der Waals surface area contributed by atoms with Crippen LogP contribution in [-0.4, -0.2) is 52.5 Å². The maximum Gasteiger partial charge on any atom is 0.317 e. The average Bonchev–Trinajstić information content (AvgIpc) is 2.96. The molecule has 0 saturated heterocycles. The Bertz CT molecular complexity index is 598. The zero-order valence-corrected chi connectivity index (χ0v) is 12.7. The second-order valence-electron chi connectivity index (χ2n) is 5.08. The number of aliphatic hydroxyl groups excluding tert-OH is 1. The molecule has 1 aromatic heterocycles. The van der Waals surface area contributed by atoms with Gasteiger partial charge in [-0.3, -0.25) is 0 Å². The number of carbonyl (C=O) groups excluding carboxylic acids is 1. The molecule has 1 aromatic carbocycles. The Hall–Kier alpha value is -2.41. The van der Waals surface area contributed by atoms with E-state index >= 15 is 0 Å². The van der Waals surface area contributed by atoms with Crippen molar-refractivity contribution in [2.24, 2.45) is 0 Å². The van der Waals surface area contributed by atoms with Crippen molar-refractivity contribution in [1.29, 1.82) is 0 Å². The smallest absolute Gasteiger partial charge is 0.317 e. The standard InChI is InChI=1S/C15H20N4O3/c1-11(20)10-19(2)15(21)16-9-8-13-17-18-14(22-13)12-6-4-3-5-7-12/h3-7,11,20H,8-10H2,1-2H3,(H,16,21). The maximum atomic E-state index is 11.7. The van der Waals surface area contributed by atoms with E-state index in [-0.39, 0.29) is 12.6 Å². The number of nitrogens with zero attached hydrogens (tertiary/aromatic N) is 3. The van der Waals surface area contributed by atoms with Crippen molar-refractivity contribution in [2.75, 3.05) is 20.1 Å². The lowest BCUT2D eigenvalue weighted by atomic mass is 10.2. The van der Waals surface area contributed by atoms with Crippen LogP contribution in [-0.2, 0) is 6.42 Å². The van der Waals surface area contributed by atoms with Crippen LogP contribution in [0, 0.1) is 0 Å². The lowest BCUT2D eigenvalue weighted by molar-refractivity contribution is 0.144. The summed E-state index contributed by atoms with van der Waals surface area (Å²) in [7, 11) is 1.63. The van der Waals surface area contributed by atoms with Crippen LogP contribution in [0.25, 0.3) is 11.5 Å². The maximum absolute atomic E-state index is 11.7. The Balaban J connectivity index is 1.81. The largest absolute Gasteiger partial charge is 0.421 e. The molecule has 7 heteroatoms. The van der Waals surface area contributed by atoms with Crippen molar-refractivity contribution in [1.82, 2.24) is 20.4 Å². The van der Waals surface area contributed by atoms with Gasteiger partial charge in [0.15, 0.2) is 0 Å². The van der Waals surface area contributed by atoms with Gasteiger partial charge in [0.1, 0.15) is 0 Å². The van der Waals surface area contributed by atoms with E-state index in [0.29, 0.717) is 24.7 Å². The molecule has 1 atom stereocenters. The van der Waals surface area contributed by atoms with Gasteiger partial charge in [-0.25, -0.2) is 4.79 Å². The summed E-state index contributed by atoms with van der Waals surface area (Å²) in [6.45, 7) is 2.30. The van der Waals surface area contributed by atoms with Crippen LogP contribution >= 0.6 is 0 Å². The molecule has 0 fully saturated rings. The Morgan fingerprint density at radius 1 is 1.36 bits per heavy atom. The number of aliphatic hydroxyl groups is 1. The van der Waals surface area contributed by atoms with Gasteiger partial charge in [0.05, 0.1) is 6.10 Å². The van der Waals surface area contributed by atoms with Crippen molar-refractivity contribution in [2.45, 2.75) is 19.4 Å². The van der Waals surface area contributed by atoms with E-state index in [2.05, 4.69) is 15.5 Å². The number of carbonyl (C=O) groups is 1. The normalized spacial score (nSPS) is 12.0. The molecule has 0 aliphatic heterocycles. The van der Waals surface area contributed by atoms with Gasteiger partial charge >= 0.3 is 6.03 Å². The van der Waals surface area contributed by atoms with Crippen LogP contribution in [0.2, 0.25) is 0 Å². The molecule has 1 heterocycles. The number of aromatic nitrogens is 2. The number of likely N-dealkylation sites (N-methyl/N-ethyl adjacent to an activating group) is 1. The fourth-order valence-electron chi connectivity index (χ4n) is 1.94. The van der Waals surface area contributed by atoms with Crippen molar-refractivity contribution in [3.05, 3.63) is 36.2 Å². The first-order valence-corrected chi connectivity index (χ1v) is 7.11. The molecule has 2 rings (SSSR count). The Kier molecular flexibility index (Phi) is 5.48. The average molecular weight is 304 g/mol. The minimum atomic E-state index is -0.555. The molecular weight excluding hydrogens is 284 g/mol. The monoisotopic (exact) mass is 304 g/mol. The van der Waals surface area contributed by atoms with E-state index in [9.17, 15) is 9.90 Å². The highest BCUT2D eigenvalue weighted by Crippen LogP contribution is 2.16. The molecule has 22 heavy (non-hydrogen) atoms. The molecule has 2 N–H and O–H groups in total. The number of hydrogen-bond donors (Lipinski definition) is 2.